The van der Waals surface area contributed by atoms with Crippen molar-refractivity contribution in [2.75, 3.05) is 31.1 Å². The monoisotopic (exact) mass is 418 g/mol. The lowest BCUT2D eigenvalue weighted by atomic mass is 10.1. The van der Waals surface area contributed by atoms with Crippen LogP contribution in [-0.2, 0) is 12.8 Å². The first-order chi connectivity index (χ1) is 15.0. The molecule has 2 aromatic heterocycles. The van der Waals surface area contributed by atoms with E-state index in [1.54, 1.807) is 6.20 Å². The van der Waals surface area contributed by atoms with Gasteiger partial charge in [-0.3, -0.25) is 10.4 Å². The number of hydrogen-bond acceptors (Lipinski definition) is 4. The van der Waals surface area contributed by atoms with E-state index in [0.717, 1.165) is 35.6 Å². The molecule has 0 radical (unpaired) electrons. The van der Waals surface area contributed by atoms with Crippen molar-refractivity contribution in [2.45, 2.75) is 12.8 Å². The molecule has 160 valence electrons. The van der Waals surface area contributed by atoms with E-state index >= 15 is 0 Å². The van der Waals surface area contributed by atoms with Crippen LogP contribution < -0.4 is 10.6 Å². The minimum atomic E-state index is -0.904. The lowest BCUT2D eigenvalue weighted by Gasteiger charge is -2.34. The normalized spacial score (nSPS) is 13.9. The van der Waals surface area contributed by atoms with Crippen molar-refractivity contribution in [3.63, 3.8) is 0 Å². The maximum atomic E-state index is 11.2. The molecule has 1 saturated heterocycles. The highest BCUT2D eigenvalue weighted by Gasteiger charge is 2.24. The number of amidine groups is 1. The number of aryl methyl sites for hydroxylation is 2. The van der Waals surface area contributed by atoms with Gasteiger partial charge >= 0.3 is 6.09 Å². The third-order valence-corrected chi connectivity index (χ3v) is 5.59. The van der Waals surface area contributed by atoms with Gasteiger partial charge in [-0.1, -0.05) is 30.3 Å². The van der Waals surface area contributed by atoms with Crippen molar-refractivity contribution < 1.29 is 9.90 Å². The van der Waals surface area contributed by atoms with Gasteiger partial charge in [0.1, 0.15) is 11.7 Å². The average Bonchev–Trinajstić information content (AvgIpc) is 3.25. The summed E-state index contributed by atoms with van der Waals surface area (Å²) in [5.74, 6) is 0.742. The predicted molar refractivity (Wildman–Crippen MR) is 121 cm³/mol. The minimum Gasteiger partial charge on any atom is -0.465 e. The molecule has 8 heteroatoms. The molecule has 1 aliphatic heterocycles. The van der Waals surface area contributed by atoms with Crippen molar-refractivity contribution >= 4 is 17.7 Å². The molecule has 1 amide bonds. The van der Waals surface area contributed by atoms with E-state index in [4.69, 9.17) is 11.1 Å². The second-order valence-electron chi connectivity index (χ2n) is 7.64. The van der Waals surface area contributed by atoms with Gasteiger partial charge in [-0.25, -0.2) is 4.79 Å². The summed E-state index contributed by atoms with van der Waals surface area (Å²) in [6.45, 7) is 1.93. The zero-order chi connectivity index (χ0) is 21.8. The fraction of sp³-hybridized carbons (Fsp3) is 0.261. The third kappa shape index (κ3) is 4.69. The number of nitrogens with two attached hydrogens (primary N) is 1. The van der Waals surface area contributed by atoms with Crippen LogP contribution in [-0.4, -0.2) is 58.1 Å². The Morgan fingerprint density at radius 2 is 1.84 bits per heavy atom. The van der Waals surface area contributed by atoms with Gasteiger partial charge in [0.2, 0.25) is 0 Å². The molecule has 0 aliphatic carbocycles. The van der Waals surface area contributed by atoms with Crippen LogP contribution in [0.2, 0.25) is 0 Å². The molecule has 0 atom stereocenters. The second kappa shape index (κ2) is 8.91. The molecule has 1 aliphatic rings. The summed E-state index contributed by atoms with van der Waals surface area (Å²) in [4.78, 5) is 22.5. The number of rotatable bonds is 6. The molecule has 0 bridgehead atoms. The Balaban J connectivity index is 1.54. The number of amides is 1. The summed E-state index contributed by atoms with van der Waals surface area (Å²) in [7, 11) is 0. The largest absolute Gasteiger partial charge is 0.465 e. The van der Waals surface area contributed by atoms with Gasteiger partial charge in [-0.2, -0.15) is 0 Å². The number of nitrogens with zero attached hydrogens (tertiary/aromatic N) is 3. The highest BCUT2D eigenvalue weighted by molar-refractivity contribution is 6.01. The Bertz CT molecular complexity index is 1070. The summed E-state index contributed by atoms with van der Waals surface area (Å²) >= 11 is 0. The van der Waals surface area contributed by atoms with Crippen molar-refractivity contribution in [2.24, 2.45) is 5.73 Å². The van der Waals surface area contributed by atoms with Crippen LogP contribution in [0.15, 0.2) is 54.7 Å². The number of anilines is 1. The van der Waals surface area contributed by atoms with Crippen LogP contribution in [0.5, 0.6) is 0 Å². The first-order valence-corrected chi connectivity index (χ1v) is 10.3. The third-order valence-electron chi connectivity index (χ3n) is 5.59. The molecular formula is C23H26N6O2. The zero-order valence-electron chi connectivity index (χ0n) is 17.2. The summed E-state index contributed by atoms with van der Waals surface area (Å²) in [6.07, 6.45) is 2.65. The Hall–Kier alpha value is -3.81. The Morgan fingerprint density at radius 1 is 1.10 bits per heavy atom. The highest BCUT2D eigenvalue weighted by atomic mass is 16.4. The van der Waals surface area contributed by atoms with E-state index in [2.05, 4.69) is 33.1 Å². The van der Waals surface area contributed by atoms with E-state index in [-0.39, 0.29) is 5.84 Å². The molecule has 4 rings (SSSR count). The van der Waals surface area contributed by atoms with E-state index in [1.807, 2.05) is 30.3 Å². The molecule has 0 spiro atoms. The molecule has 3 heterocycles. The van der Waals surface area contributed by atoms with E-state index in [0.29, 0.717) is 31.7 Å². The van der Waals surface area contributed by atoms with Crippen molar-refractivity contribution in [3.8, 4) is 11.3 Å². The molecule has 31 heavy (non-hydrogen) atoms. The molecular weight excluding hydrogens is 392 g/mol. The lowest BCUT2D eigenvalue weighted by Crippen LogP contribution is -2.48. The van der Waals surface area contributed by atoms with Gasteiger partial charge in [0.15, 0.2) is 0 Å². The molecule has 0 saturated carbocycles. The first-order valence-electron chi connectivity index (χ1n) is 10.3. The number of nitrogens with one attached hydrogen (secondary N) is 2. The molecule has 5 N–H and O–H groups in total. The second-order valence-corrected chi connectivity index (χ2v) is 7.64. The van der Waals surface area contributed by atoms with E-state index in [1.165, 1.54) is 10.5 Å². The van der Waals surface area contributed by atoms with Crippen LogP contribution in [0, 0.1) is 5.41 Å². The highest BCUT2D eigenvalue weighted by Crippen LogP contribution is 2.28. The summed E-state index contributed by atoms with van der Waals surface area (Å²) in [6, 6.07) is 16.2. The number of carboxylic acid groups (broad SMARTS) is 1. The lowest BCUT2D eigenvalue weighted by molar-refractivity contribution is 0.142. The van der Waals surface area contributed by atoms with Gasteiger partial charge in [0, 0.05) is 49.3 Å². The number of aromatic amines is 1. The van der Waals surface area contributed by atoms with Gasteiger partial charge in [-0.15, -0.1) is 0 Å². The number of H-pyrrole nitrogens is 1. The maximum absolute atomic E-state index is 11.2. The standard InChI is InChI=1S/C23H26N6O2/c24-21(25)19-15-20(27-22(19)28-10-12-29(13-11-28)23(30)31)17-8-9-26-18(14-17)7-6-16-4-2-1-3-5-16/h1-5,8-9,14-15,27H,6-7,10-13H2,(H3,24,25)(H,30,31). The Labute approximate surface area is 180 Å². The van der Waals surface area contributed by atoms with Crippen molar-refractivity contribution in [1.82, 2.24) is 14.9 Å². The molecule has 1 fully saturated rings. The average molecular weight is 419 g/mol. The fourth-order valence-electron chi connectivity index (χ4n) is 3.87. The number of aromatic nitrogens is 2. The summed E-state index contributed by atoms with van der Waals surface area (Å²) in [5.41, 5.74) is 10.6. The summed E-state index contributed by atoms with van der Waals surface area (Å²) < 4.78 is 0. The number of pyridine rings is 1. The van der Waals surface area contributed by atoms with E-state index < -0.39 is 6.09 Å². The molecule has 8 nitrogen and oxygen atoms in total. The number of piperazine rings is 1. The maximum Gasteiger partial charge on any atom is 0.407 e. The van der Waals surface area contributed by atoms with Crippen LogP contribution in [0.1, 0.15) is 16.8 Å². The minimum absolute atomic E-state index is 0.0171. The fourth-order valence-corrected chi connectivity index (χ4v) is 3.87. The van der Waals surface area contributed by atoms with Crippen molar-refractivity contribution in [3.05, 3.63) is 71.5 Å². The van der Waals surface area contributed by atoms with Crippen LogP contribution in [0.4, 0.5) is 10.6 Å². The van der Waals surface area contributed by atoms with Gasteiger partial charge in [0.25, 0.3) is 0 Å². The predicted octanol–water partition coefficient (Wildman–Crippen LogP) is 2.95. The van der Waals surface area contributed by atoms with Crippen molar-refractivity contribution in [1.29, 1.82) is 5.41 Å². The SMILES string of the molecule is N=C(N)c1cc(-c2ccnc(CCc3ccccc3)c2)[nH]c1N1CCN(C(=O)O)CC1. The smallest absolute Gasteiger partial charge is 0.407 e. The Kier molecular flexibility index (Phi) is 5.88. The molecule has 0 unspecified atom stereocenters. The van der Waals surface area contributed by atoms with E-state index in [9.17, 15) is 9.90 Å². The topological polar surface area (TPSA) is 122 Å². The van der Waals surface area contributed by atoms with Gasteiger partial charge in [0.05, 0.1) is 5.56 Å². The summed E-state index contributed by atoms with van der Waals surface area (Å²) in [5, 5.41) is 17.2. The van der Waals surface area contributed by atoms with Crippen LogP contribution in [0.25, 0.3) is 11.3 Å². The quantitative estimate of drug-likeness (QED) is 0.362. The van der Waals surface area contributed by atoms with Crippen LogP contribution >= 0.6 is 0 Å². The number of carbonyl (C=O) groups is 1. The number of nitrogen functional groups attached to an aromatic ring is 1. The van der Waals surface area contributed by atoms with Gasteiger partial charge < -0.3 is 25.6 Å². The number of benzene rings is 1. The number of hydrogen-bond donors (Lipinski definition) is 4. The van der Waals surface area contributed by atoms with Crippen LogP contribution in [0.3, 0.4) is 0 Å². The first kappa shape index (κ1) is 20.5. The molecule has 3 aromatic rings. The Morgan fingerprint density at radius 3 is 2.52 bits per heavy atom. The zero-order valence-corrected chi connectivity index (χ0v) is 17.2. The van der Waals surface area contributed by atoms with Gasteiger partial charge in [-0.05, 0) is 36.6 Å². The molecule has 1 aromatic carbocycles.